The van der Waals surface area contributed by atoms with Crippen molar-refractivity contribution >= 4 is 71.7 Å². The number of para-hydroxylation sites is 4. The second kappa shape index (κ2) is 12.3. The average molecular weight is 744 g/mol. The average Bonchev–Trinajstić information content (AvgIpc) is 3.92. The molecular weight excluding hydrogens is 707 g/mol. The molecule has 0 saturated heterocycles. The van der Waals surface area contributed by atoms with E-state index in [-0.39, 0.29) is 5.41 Å². The van der Waals surface area contributed by atoms with Crippen molar-refractivity contribution in [3.63, 3.8) is 0 Å². The van der Waals surface area contributed by atoms with Crippen molar-refractivity contribution in [1.29, 1.82) is 0 Å². The van der Waals surface area contributed by atoms with Crippen LogP contribution in [-0.2, 0) is 5.41 Å². The van der Waals surface area contributed by atoms with E-state index in [2.05, 4.69) is 195 Å². The van der Waals surface area contributed by atoms with Crippen LogP contribution >= 0.6 is 0 Å². The van der Waals surface area contributed by atoms with Gasteiger partial charge in [-0.25, -0.2) is 0 Å². The molecule has 12 rings (SSSR count). The van der Waals surface area contributed by atoms with E-state index in [0.717, 1.165) is 88.6 Å². The highest BCUT2D eigenvalue weighted by molar-refractivity contribution is 6.18. The van der Waals surface area contributed by atoms with Crippen LogP contribution in [0.3, 0.4) is 0 Å². The van der Waals surface area contributed by atoms with Gasteiger partial charge in [-0.15, -0.1) is 0 Å². The summed E-state index contributed by atoms with van der Waals surface area (Å²) in [7, 11) is 0. The maximum Gasteiger partial charge on any atom is 0.143 e. The predicted molar refractivity (Wildman–Crippen MR) is 242 cm³/mol. The fraction of sp³-hybridized carbons (Fsp3) is 0.0545. The van der Waals surface area contributed by atoms with Gasteiger partial charge in [0.15, 0.2) is 0 Å². The van der Waals surface area contributed by atoms with Crippen LogP contribution in [-0.4, -0.2) is 0 Å². The molecule has 58 heavy (non-hydrogen) atoms. The van der Waals surface area contributed by atoms with Crippen LogP contribution in [0.15, 0.2) is 197 Å². The van der Waals surface area contributed by atoms with Crippen molar-refractivity contribution in [3.05, 3.63) is 199 Å². The molecule has 1 aliphatic carbocycles. The molecule has 3 nitrogen and oxygen atoms in total. The Kier molecular flexibility index (Phi) is 6.98. The highest BCUT2D eigenvalue weighted by Gasteiger charge is 2.36. The zero-order valence-corrected chi connectivity index (χ0v) is 32.2. The predicted octanol–water partition coefficient (Wildman–Crippen LogP) is 15.7. The monoisotopic (exact) mass is 743 g/mol. The number of benzene rings is 9. The van der Waals surface area contributed by atoms with Gasteiger partial charge in [0, 0.05) is 60.4 Å². The number of hydrogen-bond acceptors (Lipinski definition) is 3. The molecule has 0 atom stereocenters. The normalized spacial score (nSPS) is 13.1. The van der Waals surface area contributed by atoms with E-state index in [9.17, 15) is 0 Å². The maximum atomic E-state index is 6.92. The Morgan fingerprint density at radius 2 is 0.983 bits per heavy atom. The molecule has 9 aromatic carbocycles. The highest BCUT2D eigenvalue weighted by atomic mass is 16.3. The van der Waals surface area contributed by atoms with E-state index in [1.807, 2.05) is 12.1 Å². The topological polar surface area (TPSA) is 29.5 Å². The molecule has 2 aromatic heterocycles. The number of nitrogens with zero attached hydrogens (tertiary/aromatic N) is 1. The molecule has 0 spiro atoms. The second-order valence-corrected chi connectivity index (χ2v) is 16.0. The van der Waals surface area contributed by atoms with Crippen LogP contribution < -0.4 is 4.90 Å². The van der Waals surface area contributed by atoms with Crippen LogP contribution in [0.4, 0.5) is 17.1 Å². The molecule has 0 bridgehead atoms. The summed E-state index contributed by atoms with van der Waals surface area (Å²) in [6.07, 6.45) is 0. The van der Waals surface area contributed by atoms with E-state index < -0.39 is 0 Å². The number of rotatable bonds is 5. The first-order valence-corrected chi connectivity index (χ1v) is 20.0. The minimum Gasteiger partial charge on any atom is -0.455 e. The van der Waals surface area contributed by atoms with Gasteiger partial charge in [-0.05, 0) is 75.7 Å². The summed E-state index contributed by atoms with van der Waals surface area (Å²) < 4.78 is 13.4. The SMILES string of the molecule is CC1(C)c2ccccc2-c2ccc(N(c3ccc(-c4cccc5c4oc4ccccc45)cc3)c3ccccc3-c3cccc4c3oc3c5ccccc5ccc43)cc21. The molecule has 0 saturated carbocycles. The molecular formula is C55H37NO2. The zero-order chi connectivity index (χ0) is 38.5. The lowest BCUT2D eigenvalue weighted by molar-refractivity contribution is 0.660. The van der Waals surface area contributed by atoms with Crippen LogP contribution in [0, 0.1) is 0 Å². The number of anilines is 3. The van der Waals surface area contributed by atoms with Crippen LogP contribution in [0.1, 0.15) is 25.0 Å². The van der Waals surface area contributed by atoms with Gasteiger partial charge in [-0.2, -0.15) is 0 Å². The summed E-state index contributed by atoms with van der Waals surface area (Å²) in [5.74, 6) is 0. The molecule has 2 heterocycles. The summed E-state index contributed by atoms with van der Waals surface area (Å²) in [5.41, 5.74) is 16.3. The lowest BCUT2D eigenvalue weighted by Gasteiger charge is -2.30. The van der Waals surface area contributed by atoms with E-state index in [1.54, 1.807) is 0 Å². The van der Waals surface area contributed by atoms with E-state index >= 15 is 0 Å². The van der Waals surface area contributed by atoms with Crippen molar-refractivity contribution in [3.8, 4) is 33.4 Å². The van der Waals surface area contributed by atoms with Gasteiger partial charge < -0.3 is 13.7 Å². The maximum absolute atomic E-state index is 6.92. The lowest BCUT2D eigenvalue weighted by atomic mass is 9.82. The van der Waals surface area contributed by atoms with E-state index in [4.69, 9.17) is 8.83 Å². The fourth-order valence-electron chi connectivity index (χ4n) is 9.66. The quantitative estimate of drug-likeness (QED) is 0.176. The number of fused-ring (bicyclic) bond motifs is 11. The van der Waals surface area contributed by atoms with Gasteiger partial charge in [0.05, 0.1) is 5.69 Å². The van der Waals surface area contributed by atoms with Gasteiger partial charge in [0.1, 0.15) is 22.3 Å². The molecule has 0 amide bonds. The third kappa shape index (κ3) is 4.74. The molecule has 1 aliphatic rings. The largest absolute Gasteiger partial charge is 0.455 e. The van der Waals surface area contributed by atoms with Gasteiger partial charge in [0.2, 0.25) is 0 Å². The molecule has 0 radical (unpaired) electrons. The van der Waals surface area contributed by atoms with Crippen molar-refractivity contribution in [2.24, 2.45) is 0 Å². The zero-order valence-electron chi connectivity index (χ0n) is 32.2. The minimum absolute atomic E-state index is 0.148. The van der Waals surface area contributed by atoms with E-state index in [0.29, 0.717) is 0 Å². The minimum atomic E-state index is -0.148. The Morgan fingerprint density at radius 3 is 1.84 bits per heavy atom. The van der Waals surface area contributed by atoms with E-state index in [1.165, 1.54) is 27.6 Å². The van der Waals surface area contributed by atoms with Gasteiger partial charge in [-0.3, -0.25) is 0 Å². The first-order valence-electron chi connectivity index (χ1n) is 20.0. The van der Waals surface area contributed by atoms with Crippen molar-refractivity contribution in [2.45, 2.75) is 19.3 Å². The van der Waals surface area contributed by atoms with Gasteiger partial charge in [0.25, 0.3) is 0 Å². The second-order valence-electron chi connectivity index (χ2n) is 16.0. The molecule has 11 aromatic rings. The first-order chi connectivity index (χ1) is 28.5. The van der Waals surface area contributed by atoms with Crippen LogP contribution in [0.25, 0.3) is 88.0 Å². The van der Waals surface area contributed by atoms with Gasteiger partial charge >= 0.3 is 0 Å². The Bertz CT molecular complexity index is 3440. The van der Waals surface area contributed by atoms with Crippen molar-refractivity contribution < 1.29 is 8.83 Å². The molecule has 0 unspecified atom stereocenters. The van der Waals surface area contributed by atoms with Crippen LogP contribution in [0.2, 0.25) is 0 Å². The smallest absolute Gasteiger partial charge is 0.143 e. The number of furan rings is 2. The summed E-state index contributed by atoms with van der Waals surface area (Å²) in [5, 5.41) is 6.79. The standard InChI is InChI=1S/C55H37NO2/c1-55(2)48-22-8-5-15-40(48)41-32-30-37(33-49(41)55)56(36-28-25-35(26-29-36)39-18-11-20-45-43-17-7-10-24-51(43)57-52(39)45)50-23-9-6-16-42(50)44-19-12-21-46-47-31-27-34-13-3-4-14-38(34)53(47)58-54(44)46/h3-33H,1-2H3. The summed E-state index contributed by atoms with van der Waals surface area (Å²) in [6.45, 7) is 4.69. The molecule has 0 fully saturated rings. The molecule has 274 valence electrons. The summed E-state index contributed by atoms with van der Waals surface area (Å²) in [6, 6.07) is 67.6. The third-order valence-corrected chi connectivity index (χ3v) is 12.5. The first kappa shape index (κ1) is 32.8. The van der Waals surface area contributed by atoms with Crippen molar-refractivity contribution in [1.82, 2.24) is 0 Å². The Labute approximate surface area is 336 Å². The Hall–Kier alpha value is -7.36. The molecule has 0 aliphatic heterocycles. The molecule has 0 N–H and O–H groups in total. The van der Waals surface area contributed by atoms with Crippen LogP contribution in [0.5, 0.6) is 0 Å². The van der Waals surface area contributed by atoms with Gasteiger partial charge in [-0.1, -0.05) is 159 Å². The Balaban J connectivity index is 1.06. The van der Waals surface area contributed by atoms with Crippen molar-refractivity contribution in [2.75, 3.05) is 4.90 Å². The highest BCUT2D eigenvalue weighted by Crippen LogP contribution is 2.52. The number of hydrogen-bond donors (Lipinski definition) is 0. The Morgan fingerprint density at radius 1 is 0.379 bits per heavy atom. The third-order valence-electron chi connectivity index (χ3n) is 12.5. The lowest BCUT2D eigenvalue weighted by Crippen LogP contribution is -2.16. The fourth-order valence-corrected chi connectivity index (χ4v) is 9.66. The summed E-state index contributed by atoms with van der Waals surface area (Å²) >= 11 is 0. The summed E-state index contributed by atoms with van der Waals surface area (Å²) in [4.78, 5) is 2.41. The molecule has 3 heteroatoms.